The van der Waals surface area contributed by atoms with E-state index in [-0.39, 0.29) is 5.56 Å². The maximum atomic E-state index is 11.9. The fraction of sp³-hybridized carbons (Fsp3) is 0.615. The van der Waals surface area contributed by atoms with Crippen molar-refractivity contribution in [3.63, 3.8) is 0 Å². The van der Waals surface area contributed by atoms with Gasteiger partial charge in [0.2, 0.25) is 5.95 Å². The van der Waals surface area contributed by atoms with E-state index < -0.39 is 0 Å². The third-order valence-electron chi connectivity index (χ3n) is 4.13. The van der Waals surface area contributed by atoms with Gasteiger partial charge >= 0.3 is 0 Å². The number of piperazine rings is 1. The summed E-state index contributed by atoms with van der Waals surface area (Å²) in [5.41, 5.74) is 0.413. The van der Waals surface area contributed by atoms with Crippen molar-refractivity contribution in [2.45, 2.75) is 26.3 Å². The molecule has 0 aliphatic carbocycles. The number of nitrogens with one attached hydrogen (secondary N) is 2. The van der Waals surface area contributed by atoms with Gasteiger partial charge in [-0.05, 0) is 13.3 Å². The molecule has 7 nitrogen and oxygen atoms in total. The molecule has 0 amide bonds. The zero-order chi connectivity index (χ0) is 14.1. The summed E-state index contributed by atoms with van der Waals surface area (Å²) in [5, 5.41) is 7.12. The van der Waals surface area contributed by atoms with Gasteiger partial charge in [-0.1, -0.05) is 6.92 Å². The lowest BCUT2D eigenvalue weighted by atomic mass is 10.2. The largest absolute Gasteiger partial charge is 0.340 e. The van der Waals surface area contributed by atoms with Crippen LogP contribution in [-0.2, 0) is 0 Å². The molecule has 2 N–H and O–H groups in total. The lowest BCUT2D eigenvalue weighted by Gasteiger charge is -2.37. The minimum absolute atomic E-state index is 0.136. The molecule has 1 atom stereocenters. The van der Waals surface area contributed by atoms with Crippen molar-refractivity contribution < 1.29 is 0 Å². The van der Waals surface area contributed by atoms with Gasteiger partial charge in [0.05, 0.1) is 6.20 Å². The lowest BCUT2D eigenvalue weighted by molar-refractivity contribution is 0.192. The summed E-state index contributed by atoms with van der Waals surface area (Å²) >= 11 is 0. The first-order valence-corrected chi connectivity index (χ1v) is 7.11. The minimum Gasteiger partial charge on any atom is -0.340 e. The number of H-pyrrole nitrogens is 2. The fourth-order valence-corrected chi connectivity index (χ4v) is 2.62. The average Bonchev–Trinajstić information content (AvgIpc) is 2.95. The van der Waals surface area contributed by atoms with Gasteiger partial charge in [0, 0.05) is 32.2 Å². The standard InChI is InChI=1S/C13H20N6O/c1-3-9(2)18-4-6-19(7-5-18)13-15-11-10(8-14-17-11)12(20)16-13/h8-9H,3-7H2,1-2H3,(H2,14,15,16,17,20). The van der Waals surface area contributed by atoms with Crippen molar-refractivity contribution in [2.75, 3.05) is 31.1 Å². The van der Waals surface area contributed by atoms with Gasteiger partial charge in [-0.15, -0.1) is 0 Å². The predicted octanol–water partition coefficient (Wildman–Crippen LogP) is 0.567. The molecule has 3 heterocycles. The number of anilines is 1. The van der Waals surface area contributed by atoms with Gasteiger partial charge in [-0.3, -0.25) is 19.8 Å². The summed E-state index contributed by atoms with van der Waals surface area (Å²) in [6, 6.07) is 0.610. The maximum Gasteiger partial charge on any atom is 0.263 e. The van der Waals surface area contributed by atoms with E-state index in [1.54, 1.807) is 0 Å². The van der Waals surface area contributed by atoms with Gasteiger partial charge in [0.15, 0.2) is 5.65 Å². The molecule has 7 heteroatoms. The lowest BCUT2D eigenvalue weighted by Crippen LogP contribution is -2.50. The molecule has 1 aliphatic heterocycles. The van der Waals surface area contributed by atoms with E-state index >= 15 is 0 Å². The van der Waals surface area contributed by atoms with Crippen molar-refractivity contribution in [3.05, 3.63) is 16.6 Å². The molecule has 0 aromatic carbocycles. The smallest absolute Gasteiger partial charge is 0.263 e. The summed E-state index contributed by atoms with van der Waals surface area (Å²) in [4.78, 5) is 23.8. The van der Waals surface area contributed by atoms with Crippen molar-refractivity contribution in [1.82, 2.24) is 25.1 Å². The number of aromatic amines is 2. The number of hydrogen-bond acceptors (Lipinski definition) is 5. The molecule has 2 aromatic rings. The normalized spacial score (nSPS) is 18.6. The first-order valence-electron chi connectivity index (χ1n) is 7.11. The number of aromatic nitrogens is 4. The van der Waals surface area contributed by atoms with E-state index in [9.17, 15) is 4.79 Å². The van der Waals surface area contributed by atoms with Crippen LogP contribution in [0, 0.1) is 0 Å². The molecule has 1 unspecified atom stereocenters. The molecule has 20 heavy (non-hydrogen) atoms. The van der Waals surface area contributed by atoms with E-state index in [0.717, 1.165) is 32.6 Å². The second kappa shape index (κ2) is 5.24. The molecule has 3 rings (SSSR count). The van der Waals surface area contributed by atoms with Crippen LogP contribution in [0.5, 0.6) is 0 Å². The first kappa shape index (κ1) is 13.1. The molecule has 0 saturated carbocycles. The molecular formula is C13H20N6O. The highest BCUT2D eigenvalue weighted by Crippen LogP contribution is 2.14. The molecule has 2 aromatic heterocycles. The topological polar surface area (TPSA) is 80.9 Å². The second-order valence-electron chi connectivity index (χ2n) is 5.30. The molecule has 0 bridgehead atoms. The SMILES string of the molecule is CCC(C)N1CCN(c2nc3[nH]ncc3c(=O)[nH]2)CC1. The van der Waals surface area contributed by atoms with Crippen molar-refractivity contribution in [3.8, 4) is 0 Å². The van der Waals surface area contributed by atoms with Gasteiger partial charge in [0.1, 0.15) is 5.39 Å². The Hall–Kier alpha value is -1.89. The van der Waals surface area contributed by atoms with E-state index in [4.69, 9.17) is 0 Å². The van der Waals surface area contributed by atoms with Crippen molar-refractivity contribution in [2.24, 2.45) is 0 Å². The summed E-state index contributed by atoms with van der Waals surface area (Å²) in [6.07, 6.45) is 2.67. The minimum atomic E-state index is -0.136. The zero-order valence-electron chi connectivity index (χ0n) is 11.9. The van der Waals surface area contributed by atoms with Crippen LogP contribution in [0.2, 0.25) is 0 Å². The van der Waals surface area contributed by atoms with Gasteiger partial charge in [-0.25, -0.2) is 0 Å². The monoisotopic (exact) mass is 276 g/mol. The molecule has 0 spiro atoms. The van der Waals surface area contributed by atoms with Crippen LogP contribution in [0.15, 0.2) is 11.0 Å². The molecule has 0 radical (unpaired) electrons. The molecule has 108 valence electrons. The highest BCUT2D eigenvalue weighted by atomic mass is 16.1. The summed E-state index contributed by atoms with van der Waals surface area (Å²) in [5.74, 6) is 0.635. The van der Waals surface area contributed by atoms with Gasteiger partial charge < -0.3 is 4.90 Å². The van der Waals surface area contributed by atoms with Crippen LogP contribution >= 0.6 is 0 Å². The van der Waals surface area contributed by atoms with Gasteiger partial charge in [0.25, 0.3) is 5.56 Å². The summed E-state index contributed by atoms with van der Waals surface area (Å²) in [6.45, 7) is 8.23. The van der Waals surface area contributed by atoms with Crippen LogP contribution in [-0.4, -0.2) is 57.3 Å². The predicted molar refractivity (Wildman–Crippen MR) is 78.0 cm³/mol. The summed E-state index contributed by atoms with van der Waals surface area (Å²) < 4.78 is 0. The highest BCUT2D eigenvalue weighted by molar-refractivity contribution is 5.73. The number of fused-ring (bicyclic) bond motifs is 1. The van der Waals surface area contributed by atoms with Crippen molar-refractivity contribution >= 4 is 17.0 Å². The van der Waals surface area contributed by atoms with Crippen LogP contribution < -0.4 is 10.5 Å². The van der Waals surface area contributed by atoms with Crippen LogP contribution in [0.3, 0.4) is 0 Å². The molecule has 1 saturated heterocycles. The quantitative estimate of drug-likeness (QED) is 0.856. The van der Waals surface area contributed by atoms with Gasteiger partial charge in [-0.2, -0.15) is 10.1 Å². The Morgan fingerprint density at radius 1 is 1.35 bits per heavy atom. The highest BCUT2D eigenvalue weighted by Gasteiger charge is 2.22. The van der Waals surface area contributed by atoms with Crippen LogP contribution in [0.1, 0.15) is 20.3 Å². The summed E-state index contributed by atoms with van der Waals surface area (Å²) in [7, 11) is 0. The molecular weight excluding hydrogens is 256 g/mol. The zero-order valence-corrected chi connectivity index (χ0v) is 11.9. The van der Waals surface area contributed by atoms with Crippen LogP contribution in [0.4, 0.5) is 5.95 Å². The number of nitrogens with zero attached hydrogens (tertiary/aromatic N) is 4. The Bertz CT molecular complexity index is 640. The van der Waals surface area contributed by atoms with E-state index in [1.807, 2.05) is 0 Å². The Labute approximate surface area is 117 Å². The maximum absolute atomic E-state index is 11.9. The third-order valence-corrected chi connectivity index (χ3v) is 4.13. The Balaban J connectivity index is 1.78. The number of hydrogen-bond donors (Lipinski definition) is 2. The van der Waals surface area contributed by atoms with E-state index in [2.05, 4.69) is 43.8 Å². The average molecular weight is 276 g/mol. The number of rotatable bonds is 3. The Morgan fingerprint density at radius 2 is 2.10 bits per heavy atom. The molecule has 1 aliphatic rings. The Morgan fingerprint density at radius 3 is 2.80 bits per heavy atom. The Kier molecular flexibility index (Phi) is 3.43. The third kappa shape index (κ3) is 2.29. The fourth-order valence-electron chi connectivity index (χ4n) is 2.62. The second-order valence-corrected chi connectivity index (χ2v) is 5.30. The van der Waals surface area contributed by atoms with E-state index in [0.29, 0.717) is 23.0 Å². The van der Waals surface area contributed by atoms with Crippen LogP contribution in [0.25, 0.3) is 11.0 Å². The van der Waals surface area contributed by atoms with E-state index in [1.165, 1.54) is 6.20 Å². The first-order chi connectivity index (χ1) is 9.69. The van der Waals surface area contributed by atoms with Crippen molar-refractivity contribution in [1.29, 1.82) is 0 Å². The molecule has 1 fully saturated rings.